The predicted molar refractivity (Wildman–Crippen MR) is 75.3 cm³/mol. The fourth-order valence-corrected chi connectivity index (χ4v) is 2.36. The maximum absolute atomic E-state index is 13.7. The third kappa shape index (κ3) is 3.57. The van der Waals surface area contributed by atoms with E-state index in [0.29, 0.717) is 25.3 Å². The van der Waals surface area contributed by atoms with Gasteiger partial charge in [-0.15, -0.1) is 0 Å². The zero-order chi connectivity index (χ0) is 14.5. The Balaban J connectivity index is 2.28. The molecule has 1 unspecified atom stereocenters. The molecule has 1 atom stereocenters. The third-order valence-corrected chi connectivity index (χ3v) is 3.35. The van der Waals surface area contributed by atoms with E-state index in [2.05, 4.69) is 11.8 Å². The van der Waals surface area contributed by atoms with E-state index in [-0.39, 0.29) is 11.9 Å². The topological polar surface area (TPSA) is 49.8 Å². The molecule has 0 aromatic heterocycles. The number of aliphatic carboxylic acids is 1. The van der Waals surface area contributed by atoms with Crippen molar-refractivity contribution in [2.24, 2.45) is 0 Å². The van der Waals surface area contributed by atoms with Crippen molar-refractivity contribution in [3.8, 4) is 0 Å². The predicted octanol–water partition coefficient (Wildman–Crippen LogP) is 2.54. The lowest BCUT2D eigenvalue weighted by Gasteiger charge is -2.37. The number of ether oxygens (including phenoxy) is 1. The second kappa shape index (κ2) is 6.52. The molecule has 0 bridgehead atoms. The Morgan fingerprint density at radius 2 is 2.35 bits per heavy atom. The van der Waals surface area contributed by atoms with Crippen LogP contribution in [-0.4, -0.2) is 36.9 Å². The molecule has 0 amide bonds. The molecule has 1 saturated heterocycles. The summed E-state index contributed by atoms with van der Waals surface area (Å²) in [5, 5.41) is 8.63. The highest BCUT2D eigenvalue weighted by molar-refractivity contribution is 5.85. The zero-order valence-corrected chi connectivity index (χ0v) is 11.4. The number of hydrogen-bond donors (Lipinski definition) is 1. The summed E-state index contributed by atoms with van der Waals surface area (Å²) >= 11 is 0. The third-order valence-electron chi connectivity index (χ3n) is 3.35. The number of morpholine rings is 1. The van der Waals surface area contributed by atoms with E-state index in [1.807, 2.05) is 0 Å². The largest absolute Gasteiger partial charge is 0.478 e. The summed E-state index contributed by atoms with van der Waals surface area (Å²) in [5.41, 5.74) is 1.31. The Kier molecular flexibility index (Phi) is 4.74. The van der Waals surface area contributed by atoms with Crippen LogP contribution in [0.25, 0.3) is 6.08 Å². The molecule has 20 heavy (non-hydrogen) atoms. The molecular weight excluding hydrogens is 261 g/mol. The Morgan fingerprint density at radius 3 is 3.05 bits per heavy atom. The van der Waals surface area contributed by atoms with Crippen LogP contribution in [0.1, 0.15) is 18.9 Å². The van der Waals surface area contributed by atoms with Gasteiger partial charge < -0.3 is 14.7 Å². The van der Waals surface area contributed by atoms with Crippen LogP contribution in [0.2, 0.25) is 0 Å². The number of carbonyl (C=O) groups is 1. The second-order valence-electron chi connectivity index (χ2n) is 4.74. The molecule has 1 aliphatic rings. The highest BCUT2D eigenvalue weighted by atomic mass is 19.1. The van der Waals surface area contributed by atoms with Gasteiger partial charge in [0, 0.05) is 18.3 Å². The summed E-state index contributed by atoms with van der Waals surface area (Å²) in [6.07, 6.45) is 3.32. The van der Waals surface area contributed by atoms with E-state index >= 15 is 0 Å². The Labute approximate surface area is 117 Å². The van der Waals surface area contributed by atoms with Gasteiger partial charge in [0.2, 0.25) is 0 Å². The fraction of sp³-hybridized carbons (Fsp3) is 0.400. The Hall–Kier alpha value is -1.88. The highest BCUT2D eigenvalue weighted by Gasteiger charge is 2.22. The van der Waals surface area contributed by atoms with E-state index in [1.165, 1.54) is 18.2 Å². The maximum Gasteiger partial charge on any atom is 0.328 e. The van der Waals surface area contributed by atoms with Crippen LogP contribution in [0, 0.1) is 5.82 Å². The quantitative estimate of drug-likeness (QED) is 0.860. The minimum atomic E-state index is -1.05. The summed E-state index contributed by atoms with van der Waals surface area (Å²) in [7, 11) is 0. The molecule has 5 heteroatoms. The molecule has 1 aliphatic heterocycles. The van der Waals surface area contributed by atoms with Crippen molar-refractivity contribution in [3.63, 3.8) is 0 Å². The molecular formula is C15H18FNO3. The van der Waals surface area contributed by atoms with Gasteiger partial charge in [-0.05, 0) is 36.3 Å². The standard InChI is InChI=1S/C15H18FNO3/c1-2-13-10-20-6-5-17(13)14-8-11(3-4-15(18)19)7-12(16)9-14/h3-4,7-9,13H,2,5-6,10H2,1H3,(H,18,19)/b4-3+. The number of halogens is 1. The summed E-state index contributed by atoms with van der Waals surface area (Å²) in [4.78, 5) is 12.7. The first kappa shape index (κ1) is 14.5. The fourth-order valence-electron chi connectivity index (χ4n) is 2.36. The van der Waals surface area contributed by atoms with Crippen molar-refractivity contribution < 1.29 is 19.0 Å². The molecule has 1 N–H and O–H groups in total. The average Bonchev–Trinajstić information content (AvgIpc) is 2.44. The number of anilines is 1. The molecule has 0 aliphatic carbocycles. The SMILES string of the molecule is CCC1COCCN1c1cc(F)cc(/C=C/C(=O)O)c1. The van der Waals surface area contributed by atoms with Gasteiger partial charge in [-0.3, -0.25) is 0 Å². The van der Waals surface area contributed by atoms with Gasteiger partial charge in [-0.25, -0.2) is 9.18 Å². The lowest BCUT2D eigenvalue weighted by atomic mass is 10.1. The number of rotatable bonds is 4. The maximum atomic E-state index is 13.7. The van der Waals surface area contributed by atoms with Gasteiger partial charge in [0.05, 0.1) is 19.3 Å². The molecule has 0 radical (unpaired) electrons. The molecule has 2 rings (SSSR count). The minimum Gasteiger partial charge on any atom is -0.478 e. The lowest BCUT2D eigenvalue weighted by Crippen LogP contribution is -2.45. The Morgan fingerprint density at radius 1 is 1.55 bits per heavy atom. The Bertz CT molecular complexity index is 516. The number of nitrogens with zero attached hydrogens (tertiary/aromatic N) is 1. The first-order valence-electron chi connectivity index (χ1n) is 6.66. The number of hydrogen-bond acceptors (Lipinski definition) is 3. The van der Waals surface area contributed by atoms with E-state index in [1.54, 1.807) is 6.07 Å². The summed E-state index contributed by atoms with van der Waals surface area (Å²) < 4.78 is 19.1. The number of benzene rings is 1. The van der Waals surface area contributed by atoms with Crippen molar-refractivity contribution in [1.29, 1.82) is 0 Å². The second-order valence-corrected chi connectivity index (χ2v) is 4.74. The number of carboxylic acids is 1. The first-order chi connectivity index (χ1) is 9.60. The smallest absolute Gasteiger partial charge is 0.328 e. The molecule has 1 aromatic carbocycles. The molecule has 108 valence electrons. The van der Waals surface area contributed by atoms with Crippen molar-refractivity contribution >= 4 is 17.7 Å². The van der Waals surface area contributed by atoms with Crippen molar-refractivity contribution in [2.45, 2.75) is 19.4 Å². The van der Waals surface area contributed by atoms with E-state index in [0.717, 1.165) is 18.2 Å². The molecule has 4 nitrogen and oxygen atoms in total. The van der Waals surface area contributed by atoms with Crippen LogP contribution in [0.15, 0.2) is 24.3 Å². The molecule has 0 spiro atoms. The van der Waals surface area contributed by atoms with Crippen molar-refractivity contribution in [2.75, 3.05) is 24.7 Å². The van der Waals surface area contributed by atoms with Gasteiger partial charge in [0.1, 0.15) is 5.82 Å². The minimum absolute atomic E-state index is 0.224. The molecule has 0 saturated carbocycles. The van der Waals surface area contributed by atoms with E-state index in [9.17, 15) is 9.18 Å². The van der Waals surface area contributed by atoms with E-state index in [4.69, 9.17) is 9.84 Å². The summed E-state index contributed by atoms with van der Waals surface area (Å²) in [6, 6.07) is 4.83. The van der Waals surface area contributed by atoms with Gasteiger partial charge in [0.25, 0.3) is 0 Å². The van der Waals surface area contributed by atoms with Gasteiger partial charge in [0.15, 0.2) is 0 Å². The molecule has 1 fully saturated rings. The van der Waals surface area contributed by atoms with Crippen LogP contribution in [-0.2, 0) is 9.53 Å². The normalized spacial score (nSPS) is 19.5. The van der Waals surface area contributed by atoms with Crippen LogP contribution in [0.4, 0.5) is 10.1 Å². The van der Waals surface area contributed by atoms with Crippen molar-refractivity contribution in [3.05, 3.63) is 35.7 Å². The highest BCUT2D eigenvalue weighted by Crippen LogP contribution is 2.24. The first-order valence-corrected chi connectivity index (χ1v) is 6.66. The number of carboxylic acid groups (broad SMARTS) is 1. The van der Waals surface area contributed by atoms with Crippen molar-refractivity contribution in [1.82, 2.24) is 0 Å². The van der Waals surface area contributed by atoms with Gasteiger partial charge >= 0.3 is 5.97 Å². The molecule has 1 heterocycles. The summed E-state index contributed by atoms with van der Waals surface area (Å²) in [5.74, 6) is -1.41. The van der Waals surface area contributed by atoms with Gasteiger partial charge in [-0.1, -0.05) is 6.92 Å². The van der Waals surface area contributed by atoms with Gasteiger partial charge in [-0.2, -0.15) is 0 Å². The summed E-state index contributed by atoms with van der Waals surface area (Å²) in [6.45, 7) is 4.03. The lowest BCUT2D eigenvalue weighted by molar-refractivity contribution is -0.131. The molecule has 1 aromatic rings. The van der Waals surface area contributed by atoms with Crippen LogP contribution in [0.3, 0.4) is 0 Å². The monoisotopic (exact) mass is 279 g/mol. The average molecular weight is 279 g/mol. The van der Waals surface area contributed by atoms with Crippen LogP contribution in [0.5, 0.6) is 0 Å². The van der Waals surface area contributed by atoms with Crippen LogP contribution >= 0.6 is 0 Å². The zero-order valence-electron chi connectivity index (χ0n) is 11.4. The van der Waals surface area contributed by atoms with E-state index < -0.39 is 5.97 Å². The van der Waals surface area contributed by atoms with Crippen LogP contribution < -0.4 is 4.90 Å².